The van der Waals surface area contributed by atoms with Gasteiger partial charge in [-0.1, -0.05) is 19.3 Å². The Kier molecular flexibility index (Phi) is 3.78. The average molecular weight is 277 g/mol. The maximum absolute atomic E-state index is 12.2. The number of aromatic nitrogens is 1. The lowest BCUT2D eigenvalue weighted by Gasteiger charge is -2.44. The standard InChI is InChI=1S/C15H23N3O2/c1-11-13(20-10-16-11)14(19)18-12-5-8-17-15(9-12)6-3-2-4-7-15/h10,12,17H,2-9H2,1H3,(H,18,19). The number of amides is 1. The number of piperidine rings is 1. The van der Waals surface area contributed by atoms with Gasteiger partial charge < -0.3 is 15.1 Å². The van der Waals surface area contributed by atoms with Gasteiger partial charge in [0.05, 0.1) is 5.69 Å². The Morgan fingerprint density at radius 3 is 2.95 bits per heavy atom. The summed E-state index contributed by atoms with van der Waals surface area (Å²) in [7, 11) is 0. The Hall–Kier alpha value is -1.36. The number of hydrogen-bond donors (Lipinski definition) is 2. The third-order valence-electron chi connectivity index (χ3n) is 4.73. The summed E-state index contributed by atoms with van der Waals surface area (Å²) in [6.45, 7) is 2.78. The first-order chi connectivity index (χ1) is 9.69. The van der Waals surface area contributed by atoms with E-state index in [-0.39, 0.29) is 17.5 Å². The minimum absolute atomic E-state index is 0.127. The molecule has 20 heavy (non-hydrogen) atoms. The van der Waals surface area contributed by atoms with Crippen LogP contribution < -0.4 is 10.6 Å². The third-order valence-corrected chi connectivity index (χ3v) is 4.73. The number of nitrogens with one attached hydrogen (secondary N) is 2. The quantitative estimate of drug-likeness (QED) is 0.869. The Bertz CT molecular complexity index is 472. The van der Waals surface area contributed by atoms with Gasteiger partial charge in [0.1, 0.15) is 0 Å². The van der Waals surface area contributed by atoms with E-state index in [9.17, 15) is 4.79 Å². The molecule has 5 nitrogen and oxygen atoms in total. The molecule has 110 valence electrons. The Morgan fingerprint density at radius 2 is 2.25 bits per heavy atom. The molecule has 0 bridgehead atoms. The van der Waals surface area contributed by atoms with Crippen molar-refractivity contribution in [3.63, 3.8) is 0 Å². The molecule has 2 heterocycles. The monoisotopic (exact) mass is 277 g/mol. The van der Waals surface area contributed by atoms with Crippen molar-refractivity contribution in [3.05, 3.63) is 17.8 Å². The van der Waals surface area contributed by atoms with Gasteiger partial charge in [0.25, 0.3) is 5.91 Å². The molecule has 2 aliphatic rings. The van der Waals surface area contributed by atoms with Crippen molar-refractivity contribution >= 4 is 5.91 Å². The minimum atomic E-state index is -0.127. The van der Waals surface area contributed by atoms with Gasteiger partial charge >= 0.3 is 0 Å². The molecule has 1 saturated heterocycles. The lowest BCUT2D eigenvalue weighted by molar-refractivity contribution is 0.0864. The Balaban J connectivity index is 1.63. The molecule has 1 atom stereocenters. The number of carbonyl (C=O) groups is 1. The van der Waals surface area contributed by atoms with E-state index >= 15 is 0 Å². The SMILES string of the molecule is Cc1ncoc1C(=O)NC1CCNC2(CCCCC2)C1. The Labute approximate surface area is 119 Å². The van der Waals surface area contributed by atoms with Crippen LogP contribution >= 0.6 is 0 Å². The van der Waals surface area contributed by atoms with Crippen molar-refractivity contribution in [1.29, 1.82) is 0 Å². The van der Waals surface area contributed by atoms with Gasteiger partial charge in [-0.25, -0.2) is 4.98 Å². The fourth-order valence-electron chi connectivity index (χ4n) is 3.66. The van der Waals surface area contributed by atoms with Gasteiger partial charge in [-0.05, 0) is 39.2 Å². The van der Waals surface area contributed by atoms with E-state index in [0.29, 0.717) is 11.5 Å². The van der Waals surface area contributed by atoms with E-state index < -0.39 is 0 Å². The van der Waals surface area contributed by atoms with E-state index in [1.54, 1.807) is 6.92 Å². The van der Waals surface area contributed by atoms with E-state index in [1.807, 2.05) is 0 Å². The molecule has 1 aliphatic carbocycles. The number of carbonyl (C=O) groups excluding carboxylic acids is 1. The highest BCUT2D eigenvalue weighted by Gasteiger charge is 2.37. The zero-order valence-corrected chi connectivity index (χ0v) is 12.1. The molecule has 1 aromatic heterocycles. The molecule has 2 N–H and O–H groups in total. The first-order valence-corrected chi connectivity index (χ1v) is 7.65. The molecule has 3 rings (SSSR count). The maximum atomic E-state index is 12.2. The number of nitrogens with zero attached hydrogens (tertiary/aromatic N) is 1. The van der Waals surface area contributed by atoms with Crippen LogP contribution in [0.3, 0.4) is 0 Å². The minimum Gasteiger partial charge on any atom is -0.438 e. The molecule has 1 saturated carbocycles. The molecular formula is C15H23N3O2. The van der Waals surface area contributed by atoms with Gasteiger partial charge in [0.15, 0.2) is 6.39 Å². The number of hydrogen-bond acceptors (Lipinski definition) is 4. The largest absolute Gasteiger partial charge is 0.438 e. The van der Waals surface area contributed by atoms with Crippen LogP contribution in [-0.2, 0) is 0 Å². The third kappa shape index (κ3) is 2.73. The van der Waals surface area contributed by atoms with Crippen molar-refractivity contribution in [3.8, 4) is 0 Å². The second-order valence-corrected chi connectivity index (χ2v) is 6.20. The van der Waals surface area contributed by atoms with Crippen molar-refractivity contribution in [2.75, 3.05) is 6.54 Å². The molecule has 2 fully saturated rings. The molecule has 0 aromatic carbocycles. The van der Waals surface area contributed by atoms with Crippen molar-refractivity contribution < 1.29 is 9.21 Å². The summed E-state index contributed by atoms with van der Waals surface area (Å²) in [5.74, 6) is 0.221. The molecule has 1 unspecified atom stereocenters. The van der Waals surface area contributed by atoms with Crippen LogP contribution in [0, 0.1) is 6.92 Å². The zero-order chi connectivity index (χ0) is 14.0. The topological polar surface area (TPSA) is 67.2 Å². The summed E-state index contributed by atoms with van der Waals surface area (Å²) in [6.07, 6.45) is 9.77. The summed E-state index contributed by atoms with van der Waals surface area (Å²) in [6, 6.07) is 0.242. The van der Waals surface area contributed by atoms with E-state index in [4.69, 9.17) is 4.42 Å². The van der Waals surface area contributed by atoms with Gasteiger partial charge in [0.2, 0.25) is 5.76 Å². The van der Waals surface area contributed by atoms with Crippen LogP contribution in [0.1, 0.15) is 61.2 Å². The summed E-state index contributed by atoms with van der Waals surface area (Å²) in [5, 5.41) is 6.82. The lowest BCUT2D eigenvalue weighted by Crippen LogP contribution is -2.57. The van der Waals surface area contributed by atoms with Crippen LogP contribution in [0.2, 0.25) is 0 Å². The maximum Gasteiger partial charge on any atom is 0.289 e. The van der Waals surface area contributed by atoms with Crippen LogP contribution in [-0.4, -0.2) is 29.0 Å². The molecule has 0 radical (unpaired) electrons. The highest BCUT2D eigenvalue weighted by Crippen LogP contribution is 2.34. The molecule has 5 heteroatoms. The van der Waals surface area contributed by atoms with Gasteiger partial charge in [-0.15, -0.1) is 0 Å². The molecule has 1 spiro atoms. The van der Waals surface area contributed by atoms with E-state index in [2.05, 4.69) is 15.6 Å². The van der Waals surface area contributed by atoms with Gasteiger partial charge in [-0.2, -0.15) is 0 Å². The van der Waals surface area contributed by atoms with Crippen LogP contribution in [0.4, 0.5) is 0 Å². The van der Waals surface area contributed by atoms with Crippen LogP contribution in [0.25, 0.3) is 0 Å². The summed E-state index contributed by atoms with van der Waals surface area (Å²) < 4.78 is 5.17. The van der Waals surface area contributed by atoms with Crippen molar-refractivity contribution in [1.82, 2.24) is 15.6 Å². The number of oxazole rings is 1. The highest BCUT2D eigenvalue weighted by atomic mass is 16.3. The smallest absolute Gasteiger partial charge is 0.289 e. The molecule has 1 amide bonds. The van der Waals surface area contributed by atoms with Crippen LogP contribution in [0.5, 0.6) is 0 Å². The predicted octanol–water partition coefficient (Wildman–Crippen LogP) is 2.17. The second-order valence-electron chi connectivity index (χ2n) is 6.20. The summed E-state index contributed by atoms with van der Waals surface area (Å²) in [5.41, 5.74) is 0.911. The normalized spacial score (nSPS) is 25.6. The predicted molar refractivity (Wildman–Crippen MR) is 75.5 cm³/mol. The van der Waals surface area contributed by atoms with Crippen molar-refractivity contribution in [2.45, 2.75) is 63.5 Å². The number of rotatable bonds is 2. The summed E-state index contributed by atoms with van der Waals surface area (Å²) in [4.78, 5) is 16.2. The average Bonchev–Trinajstić information content (AvgIpc) is 2.86. The van der Waals surface area contributed by atoms with Gasteiger partial charge in [0, 0.05) is 11.6 Å². The molecular weight excluding hydrogens is 254 g/mol. The van der Waals surface area contributed by atoms with E-state index in [0.717, 1.165) is 19.4 Å². The van der Waals surface area contributed by atoms with Gasteiger partial charge in [-0.3, -0.25) is 4.79 Å². The highest BCUT2D eigenvalue weighted by molar-refractivity contribution is 5.92. The molecule has 1 aliphatic heterocycles. The van der Waals surface area contributed by atoms with E-state index in [1.165, 1.54) is 38.5 Å². The fourth-order valence-corrected chi connectivity index (χ4v) is 3.66. The van der Waals surface area contributed by atoms with Crippen LogP contribution in [0.15, 0.2) is 10.8 Å². The summed E-state index contributed by atoms with van der Waals surface area (Å²) >= 11 is 0. The first-order valence-electron chi connectivity index (χ1n) is 7.65. The lowest BCUT2D eigenvalue weighted by atomic mass is 9.75. The molecule has 1 aromatic rings. The second kappa shape index (κ2) is 5.56. The van der Waals surface area contributed by atoms with Crippen molar-refractivity contribution in [2.24, 2.45) is 0 Å². The number of aryl methyl sites for hydroxylation is 1. The Morgan fingerprint density at radius 1 is 1.45 bits per heavy atom. The zero-order valence-electron chi connectivity index (χ0n) is 12.1. The fraction of sp³-hybridized carbons (Fsp3) is 0.733. The first kappa shape index (κ1) is 13.6.